The minimum atomic E-state index is 0.710. The Bertz CT molecular complexity index is 253. The maximum atomic E-state index is 5.41. The van der Waals surface area contributed by atoms with Crippen LogP contribution in [0.15, 0.2) is 12.3 Å². The number of rotatable bonds is 7. The van der Waals surface area contributed by atoms with Gasteiger partial charge in [0, 0.05) is 26.5 Å². The third-order valence-electron chi connectivity index (χ3n) is 1.71. The molecule has 0 spiro atoms. The second-order valence-corrected chi connectivity index (χ2v) is 3.97. The summed E-state index contributed by atoms with van der Waals surface area (Å²) in [6.07, 6.45) is 2.91. The molecule has 0 bridgehead atoms. The van der Waals surface area contributed by atoms with Gasteiger partial charge in [0.25, 0.3) is 0 Å². The Morgan fingerprint density at radius 1 is 1.43 bits per heavy atom. The Balaban J connectivity index is 1.99. The van der Waals surface area contributed by atoms with Crippen molar-refractivity contribution in [1.82, 2.24) is 9.78 Å². The molecule has 1 aromatic rings. The lowest BCUT2D eigenvalue weighted by molar-refractivity contribution is 0.0960. The van der Waals surface area contributed by atoms with E-state index in [0.29, 0.717) is 6.61 Å². The molecule has 0 atom stereocenters. The van der Waals surface area contributed by atoms with Crippen LogP contribution in [0.1, 0.15) is 6.42 Å². The summed E-state index contributed by atoms with van der Waals surface area (Å²) in [4.78, 5) is 0. The van der Waals surface area contributed by atoms with Gasteiger partial charge in [-0.2, -0.15) is 5.10 Å². The van der Waals surface area contributed by atoms with Gasteiger partial charge in [-0.15, -0.1) is 0 Å². The van der Waals surface area contributed by atoms with Gasteiger partial charge in [0.2, 0.25) is 0 Å². The molecule has 1 rings (SSSR count). The van der Waals surface area contributed by atoms with Crippen molar-refractivity contribution in [2.45, 2.75) is 13.0 Å². The normalized spacial score (nSPS) is 10.7. The van der Waals surface area contributed by atoms with E-state index >= 15 is 0 Å². The molecule has 0 aliphatic heterocycles. The van der Waals surface area contributed by atoms with Crippen molar-refractivity contribution in [1.29, 1.82) is 0 Å². The van der Waals surface area contributed by atoms with Gasteiger partial charge in [0.15, 0.2) is 0 Å². The third kappa shape index (κ3) is 4.92. The molecule has 5 heteroatoms. The highest BCUT2D eigenvalue weighted by atomic mass is 127. The highest BCUT2D eigenvalue weighted by Gasteiger charge is 1.94. The second kappa shape index (κ2) is 7.19. The molecular weight excluding hydrogens is 295 g/mol. The van der Waals surface area contributed by atoms with Crippen molar-refractivity contribution < 1.29 is 9.47 Å². The van der Waals surface area contributed by atoms with Gasteiger partial charge in [-0.25, -0.2) is 0 Å². The SMILES string of the molecule is COCCCOCCn1ccc(I)n1. The molecule has 0 unspecified atom stereocenters. The summed E-state index contributed by atoms with van der Waals surface area (Å²) >= 11 is 2.19. The van der Waals surface area contributed by atoms with Gasteiger partial charge >= 0.3 is 0 Å². The van der Waals surface area contributed by atoms with Crippen LogP contribution in [0.25, 0.3) is 0 Å². The quantitative estimate of drug-likeness (QED) is 0.566. The van der Waals surface area contributed by atoms with Crippen molar-refractivity contribution in [2.24, 2.45) is 0 Å². The van der Waals surface area contributed by atoms with E-state index in [4.69, 9.17) is 9.47 Å². The van der Waals surface area contributed by atoms with Crippen LogP contribution in [0.2, 0.25) is 0 Å². The summed E-state index contributed by atoms with van der Waals surface area (Å²) in [5.74, 6) is 0. The number of aromatic nitrogens is 2. The fourth-order valence-electron chi connectivity index (χ4n) is 1.03. The first kappa shape index (κ1) is 11.9. The van der Waals surface area contributed by atoms with Gasteiger partial charge in [0.1, 0.15) is 3.70 Å². The smallest absolute Gasteiger partial charge is 0.123 e. The molecule has 0 amide bonds. The summed E-state index contributed by atoms with van der Waals surface area (Å²) in [5, 5.41) is 4.24. The Kier molecular flexibility index (Phi) is 6.13. The Morgan fingerprint density at radius 3 is 2.93 bits per heavy atom. The topological polar surface area (TPSA) is 36.3 Å². The van der Waals surface area contributed by atoms with Crippen LogP contribution in [0.4, 0.5) is 0 Å². The molecule has 0 aromatic carbocycles. The van der Waals surface area contributed by atoms with E-state index in [-0.39, 0.29) is 0 Å². The number of hydrogen-bond acceptors (Lipinski definition) is 3. The van der Waals surface area contributed by atoms with Crippen LogP contribution in [0, 0.1) is 3.70 Å². The average molecular weight is 310 g/mol. The van der Waals surface area contributed by atoms with E-state index < -0.39 is 0 Å². The number of hydrogen-bond donors (Lipinski definition) is 0. The lowest BCUT2D eigenvalue weighted by atomic mass is 10.5. The van der Waals surface area contributed by atoms with E-state index in [0.717, 1.165) is 29.9 Å². The predicted molar refractivity (Wildman–Crippen MR) is 62.3 cm³/mol. The first-order valence-corrected chi connectivity index (χ1v) is 5.66. The minimum absolute atomic E-state index is 0.710. The molecule has 1 heterocycles. The lowest BCUT2D eigenvalue weighted by Crippen LogP contribution is -2.08. The van der Waals surface area contributed by atoms with Crippen LogP contribution < -0.4 is 0 Å². The van der Waals surface area contributed by atoms with E-state index in [2.05, 4.69) is 27.7 Å². The molecule has 4 nitrogen and oxygen atoms in total. The standard InChI is InChI=1S/C9H15IN2O2/c1-13-6-2-7-14-8-5-12-4-3-9(10)11-12/h3-4H,2,5-8H2,1H3. The third-order valence-corrected chi connectivity index (χ3v) is 2.29. The summed E-state index contributed by atoms with van der Waals surface area (Å²) < 4.78 is 13.2. The molecule has 80 valence electrons. The average Bonchev–Trinajstić information content (AvgIpc) is 2.58. The molecule has 0 aliphatic carbocycles. The van der Waals surface area contributed by atoms with Crippen LogP contribution in [-0.4, -0.2) is 36.7 Å². The van der Waals surface area contributed by atoms with Crippen molar-refractivity contribution in [2.75, 3.05) is 26.9 Å². The summed E-state index contributed by atoms with van der Waals surface area (Å²) in [7, 11) is 1.70. The monoisotopic (exact) mass is 310 g/mol. The maximum absolute atomic E-state index is 5.41. The van der Waals surface area contributed by atoms with Crippen molar-refractivity contribution >= 4 is 22.6 Å². The van der Waals surface area contributed by atoms with Crippen LogP contribution in [0.5, 0.6) is 0 Å². The number of nitrogens with zero attached hydrogens (tertiary/aromatic N) is 2. The van der Waals surface area contributed by atoms with E-state index in [1.165, 1.54) is 0 Å². The fraction of sp³-hybridized carbons (Fsp3) is 0.667. The van der Waals surface area contributed by atoms with Crippen molar-refractivity contribution in [3.8, 4) is 0 Å². The molecule has 0 saturated carbocycles. The van der Waals surface area contributed by atoms with Gasteiger partial charge in [0.05, 0.1) is 13.2 Å². The Hall–Kier alpha value is -0.140. The Labute approximate surface area is 97.7 Å². The van der Waals surface area contributed by atoms with E-state index in [1.807, 2.05) is 16.9 Å². The largest absolute Gasteiger partial charge is 0.385 e. The molecule has 0 saturated heterocycles. The lowest BCUT2D eigenvalue weighted by Gasteiger charge is -2.03. The van der Waals surface area contributed by atoms with Crippen LogP contribution in [0.3, 0.4) is 0 Å². The highest BCUT2D eigenvalue weighted by Crippen LogP contribution is 1.98. The molecule has 0 N–H and O–H groups in total. The summed E-state index contributed by atoms with van der Waals surface area (Å²) in [6, 6.07) is 1.98. The number of methoxy groups -OCH3 is 1. The molecule has 14 heavy (non-hydrogen) atoms. The van der Waals surface area contributed by atoms with E-state index in [9.17, 15) is 0 Å². The zero-order valence-corrected chi connectivity index (χ0v) is 10.4. The molecule has 0 fully saturated rings. The number of halogens is 1. The zero-order valence-electron chi connectivity index (χ0n) is 8.28. The van der Waals surface area contributed by atoms with Gasteiger partial charge < -0.3 is 9.47 Å². The van der Waals surface area contributed by atoms with Crippen molar-refractivity contribution in [3.05, 3.63) is 16.0 Å². The van der Waals surface area contributed by atoms with Gasteiger partial charge in [-0.1, -0.05) is 0 Å². The molecule has 0 aliphatic rings. The molecular formula is C9H15IN2O2. The van der Waals surface area contributed by atoms with Crippen molar-refractivity contribution in [3.63, 3.8) is 0 Å². The second-order valence-electron chi connectivity index (χ2n) is 2.86. The number of ether oxygens (including phenoxy) is 2. The minimum Gasteiger partial charge on any atom is -0.385 e. The van der Waals surface area contributed by atoms with Crippen LogP contribution in [-0.2, 0) is 16.0 Å². The first-order valence-electron chi connectivity index (χ1n) is 4.58. The zero-order chi connectivity index (χ0) is 10.2. The maximum Gasteiger partial charge on any atom is 0.123 e. The van der Waals surface area contributed by atoms with Crippen LogP contribution >= 0.6 is 22.6 Å². The highest BCUT2D eigenvalue weighted by molar-refractivity contribution is 14.1. The van der Waals surface area contributed by atoms with E-state index in [1.54, 1.807) is 7.11 Å². The fourth-order valence-corrected chi connectivity index (χ4v) is 1.46. The Morgan fingerprint density at radius 2 is 2.29 bits per heavy atom. The van der Waals surface area contributed by atoms with Gasteiger partial charge in [-0.05, 0) is 35.1 Å². The summed E-state index contributed by atoms with van der Waals surface area (Å²) in [6.45, 7) is 3.04. The summed E-state index contributed by atoms with van der Waals surface area (Å²) in [5.41, 5.74) is 0. The molecule has 0 radical (unpaired) electrons. The molecule has 1 aromatic heterocycles. The van der Waals surface area contributed by atoms with Gasteiger partial charge in [-0.3, -0.25) is 4.68 Å². The first-order chi connectivity index (χ1) is 6.83. The predicted octanol–water partition coefficient (Wildman–Crippen LogP) is 1.54.